The zero-order valence-corrected chi connectivity index (χ0v) is 10.6. The molecule has 0 aliphatic heterocycles. The summed E-state index contributed by atoms with van der Waals surface area (Å²) in [5, 5.41) is 8.66. The highest BCUT2D eigenvalue weighted by molar-refractivity contribution is 5.93. The predicted octanol–water partition coefficient (Wildman–Crippen LogP) is 1.94. The van der Waals surface area contributed by atoms with Crippen LogP contribution in [0.3, 0.4) is 0 Å². The zero-order valence-electron chi connectivity index (χ0n) is 10.6. The molecule has 0 bridgehead atoms. The lowest BCUT2D eigenvalue weighted by Crippen LogP contribution is -2.34. The Hall–Kier alpha value is -2.10. The fraction of sp³-hybridized carbons (Fsp3) is 0.286. The van der Waals surface area contributed by atoms with Gasteiger partial charge in [-0.25, -0.2) is 0 Å². The number of hydrogen-bond acceptors (Lipinski definition) is 2. The number of carboxylic acid groups (broad SMARTS) is 1. The molecule has 0 aromatic heterocycles. The van der Waals surface area contributed by atoms with E-state index in [2.05, 4.69) is 0 Å². The lowest BCUT2D eigenvalue weighted by Gasteiger charge is -2.15. The fourth-order valence-corrected chi connectivity index (χ4v) is 1.46. The molecule has 0 saturated heterocycles. The van der Waals surface area contributed by atoms with E-state index in [1.807, 2.05) is 31.2 Å². The normalized spacial score (nSPS) is 10.6. The Morgan fingerprint density at radius 2 is 1.89 bits per heavy atom. The molecule has 1 N–H and O–H groups in total. The molecule has 4 nitrogen and oxygen atoms in total. The number of nitrogens with zero attached hydrogens (tertiary/aromatic N) is 1. The molecule has 0 aliphatic carbocycles. The summed E-state index contributed by atoms with van der Waals surface area (Å²) in [6.45, 7) is 3.85. The van der Waals surface area contributed by atoms with Gasteiger partial charge >= 0.3 is 5.97 Å². The van der Waals surface area contributed by atoms with Gasteiger partial charge in [0.05, 0.1) is 0 Å². The SMILES string of the molecule is CCN(CC(=O)O)C(=O)/C=C/c1ccc(C)cc1. The van der Waals surface area contributed by atoms with E-state index in [1.165, 1.54) is 11.0 Å². The molecule has 1 aromatic carbocycles. The minimum absolute atomic E-state index is 0.270. The summed E-state index contributed by atoms with van der Waals surface area (Å²) in [5.41, 5.74) is 2.07. The third kappa shape index (κ3) is 4.41. The summed E-state index contributed by atoms with van der Waals surface area (Å²) in [5.74, 6) is -1.30. The van der Waals surface area contributed by atoms with Crippen molar-refractivity contribution >= 4 is 18.0 Å². The van der Waals surface area contributed by atoms with Crippen molar-refractivity contribution < 1.29 is 14.7 Å². The molecular weight excluding hydrogens is 230 g/mol. The van der Waals surface area contributed by atoms with Crippen molar-refractivity contribution in [2.24, 2.45) is 0 Å². The second-order valence-corrected chi connectivity index (χ2v) is 3.99. The molecule has 0 atom stereocenters. The number of rotatable bonds is 5. The molecule has 0 spiro atoms. The van der Waals surface area contributed by atoms with Crippen LogP contribution in [-0.4, -0.2) is 35.0 Å². The molecule has 1 amide bonds. The van der Waals surface area contributed by atoms with Crippen LogP contribution < -0.4 is 0 Å². The average molecular weight is 247 g/mol. The maximum atomic E-state index is 11.7. The van der Waals surface area contributed by atoms with Crippen LogP contribution in [0, 0.1) is 6.92 Å². The molecule has 18 heavy (non-hydrogen) atoms. The van der Waals surface area contributed by atoms with Crippen LogP contribution in [0.5, 0.6) is 0 Å². The van der Waals surface area contributed by atoms with Gasteiger partial charge in [-0.2, -0.15) is 0 Å². The van der Waals surface area contributed by atoms with Gasteiger partial charge in [0, 0.05) is 12.6 Å². The number of hydrogen-bond donors (Lipinski definition) is 1. The Morgan fingerprint density at radius 1 is 1.28 bits per heavy atom. The maximum Gasteiger partial charge on any atom is 0.323 e. The Morgan fingerprint density at radius 3 is 2.39 bits per heavy atom. The van der Waals surface area contributed by atoms with Crippen molar-refractivity contribution in [2.75, 3.05) is 13.1 Å². The van der Waals surface area contributed by atoms with Crippen LogP contribution in [0.15, 0.2) is 30.3 Å². The van der Waals surface area contributed by atoms with E-state index in [9.17, 15) is 9.59 Å². The lowest BCUT2D eigenvalue weighted by atomic mass is 10.1. The minimum Gasteiger partial charge on any atom is -0.480 e. The van der Waals surface area contributed by atoms with Gasteiger partial charge in [-0.1, -0.05) is 29.8 Å². The highest BCUT2D eigenvalue weighted by atomic mass is 16.4. The summed E-state index contributed by atoms with van der Waals surface area (Å²) < 4.78 is 0. The van der Waals surface area contributed by atoms with Gasteiger partial charge in [0.25, 0.3) is 0 Å². The smallest absolute Gasteiger partial charge is 0.323 e. The molecule has 0 heterocycles. The van der Waals surface area contributed by atoms with E-state index in [4.69, 9.17) is 5.11 Å². The Kier molecular flexibility index (Phi) is 5.11. The van der Waals surface area contributed by atoms with Gasteiger partial charge in [-0.3, -0.25) is 9.59 Å². The summed E-state index contributed by atoms with van der Waals surface area (Å²) in [6.07, 6.45) is 3.09. The van der Waals surface area contributed by atoms with Crippen molar-refractivity contribution in [3.8, 4) is 0 Å². The topological polar surface area (TPSA) is 57.6 Å². The molecule has 0 aliphatic rings. The summed E-state index contributed by atoms with van der Waals surface area (Å²) in [4.78, 5) is 23.6. The summed E-state index contributed by atoms with van der Waals surface area (Å²) in [7, 11) is 0. The van der Waals surface area contributed by atoms with E-state index >= 15 is 0 Å². The van der Waals surface area contributed by atoms with Crippen LogP contribution in [0.25, 0.3) is 6.08 Å². The molecule has 0 radical (unpaired) electrons. The molecule has 1 aromatic rings. The largest absolute Gasteiger partial charge is 0.480 e. The highest BCUT2D eigenvalue weighted by Crippen LogP contribution is 2.05. The molecular formula is C14H17NO3. The molecule has 0 unspecified atom stereocenters. The number of aliphatic carboxylic acids is 1. The van der Waals surface area contributed by atoms with Gasteiger partial charge in [-0.05, 0) is 25.5 Å². The monoisotopic (exact) mass is 247 g/mol. The first kappa shape index (κ1) is 14.0. The highest BCUT2D eigenvalue weighted by Gasteiger charge is 2.11. The molecule has 0 saturated carbocycles. The van der Waals surface area contributed by atoms with Gasteiger partial charge in [-0.15, -0.1) is 0 Å². The van der Waals surface area contributed by atoms with Crippen molar-refractivity contribution in [1.29, 1.82) is 0 Å². The summed E-state index contributed by atoms with van der Waals surface area (Å²) in [6, 6.07) is 7.73. The fourth-order valence-electron chi connectivity index (χ4n) is 1.46. The van der Waals surface area contributed by atoms with Crippen molar-refractivity contribution in [1.82, 2.24) is 4.90 Å². The third-order valence-corrected chi connectivity index (χ3v) is 2.52. The number of benzene rings is 1. The average Bonchev–Trinajstić information content (AvgIpc) is 2.34. The first-order valence-electron chi connectivity index (χ1n) is 5.78. The van der Waals surface area contributed by atoms with Crippen molar-refractivity contribution in [3.63, 3.8) is 0 Å². The molecule has 96 valence electrons. The Labute approximate surface area is 107 Å². The Balaban J connectivity index is 2.67. The first-order chi connectivity index (χ1) is 8.52. The second kappa shape index (κ2) is 6.59. The van der Waals surface area contributed by atoms with Crippen LogP contribution in [-0.2, 0) is 9.59 Å². The van der Waals surface area contributed by atoms with Gasteiger partial charge in [0.2, 0.25) is 5.91 Å². The van der Waals surface area contributed by atoms with Crippen LogP contribution in [0.4, 0.5) is 0 Å². The van der Waals surface area contributed by atoms with Crippen LogP contribution in [0.2, 0.25) is 0 Å². The standard InChI is InChI=1S/C14H17NO3/c1-3-15(10-14(17)18)13(16)9-8-12-6-4-11(2)5-7-12/h4-9H,3,10H2,1-2H3,(H,17,18)/b9-8+. The molecule has 1 rings (SSSR count). The van der Waals surface area contributed by atoms with E-state index < -0.39 is 5.97 Å². The van der Waals surface area contributed by atoms with E-state index in [1.54, 1.807) is 13.0 Å². The van der Waals surface area contributed by atoms with Gasteiger partial charge in [0.15, 0.2) is 0 Å². The molecule has 0 fully saturated rings. The van der Waals surface area contributed by atoms with Crippen LogP contribution >= 0.6 is 0 Å². The van der Waals surface area contributed by atoms with Gasteiger partial charge < -0.3 is 10.0 Å². The van der Waals surface area contributed by atoms with Crippen LogP contribution in [0.1, 0.15) is 18.1 Å². The number of aryl methyl sites for hydroxylation is 1. The van der Waals surface area contributed by atoms with Crippen molar-refractivity contribution in [3.05, 3.63) is 41.5 Å². The maximum absolute atomic E-state index is 11.7. The number of carbonyl (C=O) groups excluding carboxylic acids is 1. The minimum atomic E-state index is -1.01. The van der Waals surface area contributed by atoms with Gasteiger partial charge in [0.1, 0.15) is 6.54 Å². The number of likely N-dealkylation sites (N-methyl/N-ethyl adjacent to an activating group) is 1. The zero-order chi connectivity index (χ0) is 13.5. The number of amides is 1. The van der Waals surface area contributed by atoms with E-state index in [0.717, 1.165) is 11.1 Å². The first-order valence-corrected chi connectivity index (χ1v) is 5.78. The number of carboxylic acids is 1. The lowest BCUT2D eigenvalue weighted by molar-refractivity contribution is -0.142. The molecule has 4 heteroatoms. The van der Waals surface area contributed by atoms with E-state index in [-0.39, 0.29) is 12.5 Å². The van der Waals surface area contributed by atoms with Crippen molar-refractivity contribution in [2.45, 2.75) is 13.8 Å². The predicted molar refractivity (Wildman–Crippen MR) is 70.1 cm³/mol. The second-order valence-electron chi connectivity index (χ2n) is 3.99. The third-order valence-electron chi connectivity index (χ3n) is 2.52. The quantitative estimate of drug-likeness (QED) is 0.809. The Bertz CT molecular complexity index is 449. The summed E-state index contributed by atoms with van der Waals surface area (Å²) >= 11 is 0. The number of carbonyl (C=O) groups is 2. The van der Waals surface area contributed by atoms with E-state index in [0.29, 0.717) is 6.54 Å².